The largest absolute Gasteiger partial charge is 0.378 e. The first-order chi connectivity index (χ1) is 6.78. The first-order valence-corrected chi connectivity index (χ1v) is 6.33. The zero-order valence-electron chi connectivity index (χ0n) is 9.72. The van der Waals surface area contributed by atoms with Gasteiger partial charge in [-0.2, -0.15) is 0 Å². The molecular formula is C13H24O. The second-order valence-corrected chi connectivity index (χ2v) is 5.41. The summed E-state index contributed by atoms with van der Waals surface area (Å²) in [6.45, 7) is 2.34. The monoisotopic (exact) mass is 196 g/mol. The molecule has 0 saturated heterocycles. The number of hydrogen-bond donors (Lipinski definition) is 0. The lowest BCUT2D eigenvalue weighted by atomic mass is 9.76. The molecule has 14 heavy (non-hydrogen) atoms. The van der Waals surface area contributed by atoms with Crippen LogP contribution in [0.4, 0.5) is 0 Å². The third-order valence-electron chi connectivity index (χ3n) is 4.56. The number of rotatable bonds is 2. The van der Waals surface area contributed by atoms with Gasteiger partial charge in [0.25, 0.3) is 0 Å². The Labute approximate surface area is 88.2 Å². The minimum Gasteiger partial charge on any atom is -0.378 e. The summed E-state index contributed by atoms with van der Waals surface area (Å²) in [4.78, 5) is 0. The molecule has 0 radical (unpaired) electrons. The van der Waals surface area contributed by atoms with E-state index in [-0.39, 0.29) is 5.60 Å². The Kier molecular flexibility index (Phi) is 3.16. The van der Waals surface area contributed by atoms with Crippen LogP contribution in [0, 0.1) is 11.8 Å². The van der Waals surface area contributed by atoms with Gasteiger partial charge in [0.1, 0.15) is 0 Å². The van der Waals surface area contributed by atoms with Crippen LogP contribution in [0.1, 0.15) is 58.3 Å². The summed E-state index contributed by atoms with van der Waals surface area (Å²) < 4.78 is 5.86. The topological polar surface area (TPSA) is 9.23 Å². The molecular weight excluding hydrogens is 172 g/mol. The first kappa shape index (κ1) is 10.5. The lowest BCUT2D eigenvalue weighted by molar-refractivity contribution is -0.0618. The second-order valence-electron chi connectivity index (χ2n) is 5.41. The van der Waals surface area contributed by atoms with E-state index in [9.17, 15) is 0 Å². The maximum Gasteiger partial charge on any atom is 0.0684 e. The number of methoxy groups -OCH3 is 1. The highest BCUT2D eigenvalue weighted by molar-refractivity contribution is 4.92. The van der Waals surface area contributed by atoms with Crippen molar-refractivity contribution in [3.63, 3.8) is 0 Å². The molecule has 82 valence electrons. The van der Waals surface area contributed by atoms with Crippen molar-refractivity contribution in [3.05, 3.63) is 0 Å². The van der Waals surface area contributed by atoms with Gasteiger partial charge in [-0.1, -0.05) is 39.0 Å². The molecule has 0 amide bonds. The van der Waals surface area contributed by atoms with E-state index in [0.717, 1.165) is 11.8 Å². The van der Waals surface area contributed by atoms with Crippen LogP contribution >= 0.6 is 0 Å². The van der Waals surface area contributed by atoms with Crippen LogP contribution in [0.25, 0.3) is 0 Å². The fraction of sp³-hybridized carbons (Fsp3) is 1.00. The molecule has 0 heterocycles. The van der Waals surface area contributed by atoms with Gasteiger partial charge in [0, 0.05) is 7.11 Å². The molecule has 0 aromatic carbocycles. The molecule has 2 aliphatic carbocycles. The highest BCUT2D eigenvalue weighted by Crippen LogP contribution is 2.45. The molecule has 2 bridgehead atoms. The van der Waals surface area contributed by atoms with E-state index in [1.54, 1.807) is 0 Å². The Bertz CT molecular complexity index is 190. The number of ether oxygens (including phenoxy) is 1. The highest BCUT2D eigenvalue weighted by Gasteiger charge is 2.40. The highest BCUT2D eigenvalue weighted by atomic mass is 16.5. The zero-order valence-corrected chi connectivity index (χ0v) is 9.72. The van der Waals surface area contributed by atoms with E-state index < -0.39 is 0 Å². The lowest BCUT2D eigenvalue weighted by Crippen LogP contribution is -2.37. The Balaban J connectivity index is 2.10. The third-order valence-corrected chi connectivity index (χ3v) is 4.56. The molecule has 3 unspecified atom stereocenters. The van der Waals surface area contributed by atoms with Crippen molar-refractivity contribution >= 4 is 0 Å². The average molecular weight is 196 g/mol. The summed E-state index contributed by atoms with van der Waals surface area (Å²) in [5.41, 5.74) is 0.278. The molecule has 3 atom stereocenters. The quantitative estimate of drug-likeness (QED) is 0.653. The molecule has 1 heteroatoms. The number of hydrogen-bond acceptors (Lipinski definition) is 1. The van der Waals surface area contributed by atoms with Crippen molar-refractivity contribution in [3.8, 4) is 0 Å². The standard InChI is InChI=1S/C13H24O/c1-3-11-6-7-12-5-4-8-13(9-11,10-12)14-2/h11-12H,3-10H2,1-2H3. The van der Waals surface area contributed by atoms with Crippen LogP contribution in [0.15, 0.2) is 0 Å². The maximum atomic E-state index is 5.86. The summed E-state index contributed by atoms with van der Waals surface area (Å²) in [5.74, 6) is 1.90. The molecule has 0 aromatic heterocycles. The molecule has 1 nitrogen and oxygen atoms in total. The molecule has 0 aliphatic heterocycles. The van der Waals surface area contributed by atoms with Gasteiger partial charge in [0.15, 0.2) is 0 Å². The van der Waals surface area contributed by atoms with Gasteiger partial charge in [-0.25, -0.2) is 0 Å². The van der Waals surface area contributed by atoms with Gasteiger partial charge in [0.2, 0.25) is 0 Å². The second kappa shape index (κ2) is 4.22. The van der Waals surface area contributed by atoms with Gasteiger partial charge in [-0.15, -0.1) is 0 Å². The van der Waals surface area contributed by atoms with Crippen molar-refractivity contribution in [2.24, 2.45) is 11.8 Å². The SMILES string of the molecule is CCC1CCC2CCCC(OC)(C1)C2. The van der Waals surface area contributed by atoms with Gasteiger partial charge < -0.3 is 4.74 Å². The predicted octanol–water partition coefficient (Wildman–Crippen LogP) is 3.77. The van der Waals surface area contributed by atoms with Crippen LogP contribution in [-0.4, -0.2) is 12.7 Å². The summed E-state index contributed by atoms with van der Waals surface area (Å²) >= 11 is 0. The summed E-state index contributed by atoms with van der Waals surface area (Å²) in [7, 11) is 1.93. The van der Waals surface area contributed by atoms with Crippen molar-refractivity contribution in [2.45, 2.75) is 63.9 Å². The molecule has 2 aliphatic rings. The Morgan fingerprint density at radius 1 is 1.21 bits per heavy atom. The van der Waals surface area contributed by atoms with Crippen molar-refractivity contribution in [1.29, 1.82) is 0 Å². The van der Waals surface area contributed by atoms with Crippen LogP contribution in [0.5, 0.6) is 0 Å². The van der Waals surface area contributed by atoms with Crippen LogP contribution < -0.4 is 0 Å². The van der Waals surface area contributed by atoms with E-state index in [1.165, 1.54) is 51.4 Å². The van der Waals surface area contributed by atoms with Gasteiger partial charge in [-0.3, -0.25) is 0 Å². The van der Waals surface area contributed by atoms with Gasteiger partial charge in [0.05, 0.1) is 5.60 Å². The molecule has 2 fully saturated rings. The molecule has 2 saturated carbocycles. The van der Waals surface area contributed by atoms with Gasteiger partial charge in [-0.05, 0) is 31.1 Å². The van der Waals surface area contributed by atoms with E-state index in [4.69, 9.17) is 4.74 Å². The van der Waals surface area contributed by atoms with Crippen molar-refractivity contribution in [1.82, 2.24) is 0 Å². The predicted molar refractivity (Wildman–Crippen MR) is 59.3 cm³/mol. The van der Waals surface area contributed by atoms with E-state index >= 15 is 0 Å². The minimum atomic E-state index is 0.278. The van der Waals surface area contributed by atoms with Crippen molar-refractivity contribution < 1.29 is 4.74 Å². The van der Waals surface area contributed by atoms with Crippen molar-refractivity contribution in [2.75, 3.05) is 7.11 Å². The smallest absolute Gasteiger partial charge is 0.0684 e. The average Bonchev–Trinajstić information content (AvgIpc) is 2.36. The molecule has 0 aromatic rings. The first-order valence-electron chi connectivity index (χ1n) is 6.33. The van der Waals surface area contributed by atoms with E-state index in [2.05, 4.69) is 6.92 Å². The van der Waals surface area contributed by atoms with Crippen LogP contribution in [-0.2, 0) is 4.74 Å². The lowest BCUT2D eigenvalue weighted by Gasteiger charge is -2.39. The zero-order chi connectivity index (χ0) is 10.0. The molecule has 0 spiro atoms. The Morgan fingerprint density at radius 2 is 2.07 bits per heavy atom. The summed E-state index contributed by atoms with van der Waals surface area (Å²) in [6, 6.07) is 0. The van der Waals surface area contributed by atoms with Gasteiger partial charge >= 0.3 is 0 Å². The van der Waals surface area contributed by atoms with Crippen LogP contribution in [0.2, 0.25) is 0 Å². The molecule has 2 rings (SSSR count). The fourth-order valence-electron chi connectivity index (χ4n) is 3.59. The van der Waals surface area contributed by atoms with Crippen LogP contribution in [0.3, 0.4) is 0 Å². The minimum absolute atomic E-state index is 0.278. The summed E-state index contributed by atoms with van der Waals surface area (Å²) in [5, 5.41) is 0. The normalized spacial score (nSPS) is 43.3. The Hall–Kier alpha value is -0.0400. The number of fused-ring (bicyclic) bond motifs is 2. The fourth-order valence-corrected chi connectivity index (χ4v) is 3.59. The molecule has 0 N–H and O–H groups in total. The summed E-state index contributed by atoms with van der Waals surface area (Å²) in [6.07, 6.45) is 11.1. The Morgan fingerprint density at radius 3 is 2.79 bits per heavy atom. The maximum absolute atomic E-state index is 5.86. The van der Waals surface area contributed by atoms with E-state index in [1.807, 2.05) is 7.11 Å². The third kappa shape index (κ3) is 1.98. The van der Waals surface area contributed by atoms with E-state index in [0.29, 0.717) is 0 Å².